The third kappa shape index (κ3) is 5.76. The Morgan fingerprint density at radius 2 is 1.48 bits per heavy atom. The Bertz CT molecular complexity index is 1130. The summed E-state index contributed by atoms with van der Waals surface area (Å²) >= 11 is 0. The number of hydrogen-bond acceptors (Lipinski definition) is 6. The lowest BCUT2D eigenvalue weighted by Crippen LogP contribution is -2.41. The first kappa shape index (κ1) is 23.5. The van der Waals surface area contributed by atoms with Crippen molar-refractivity contribution in [1.82, 2.24) is 20.6 Å². The van der Waals surface area contributed by atoms with Gasteiger partial charge in [-0.3, -0.25) is 20.4 Å². The number of benzene rings is 2. The zero-order valence-electron chi connectivity index (χ0n) is 18.9. The van der Waals surface area contributed by atoms with E-state index in [2.05, 4.69) is 16.0 Å². The van der Waals surface area contributed by atoms with Gasteiger partial charge in [-0.15, -0.1) is 0 Å². The van der Waals surface area contributed by atoms with Crippen LogP contribution in [0.15, 0.2) is 54.7 Å². The first-order valence-electron chi connectivity index (χ1n) is 10.5. The molecule has 0 aliphatic rings. The lowest BCUT2D eigenvalue weighted by molar-refractivity contribution is 0.0525. The monoisotopic (exact) mass is 450 g/mol. The van der Waals surface area contributed by atoms with Crippen LogP contribution in [0.3, 0.4) is 0 Å². The molecule has 0 atom stereocenters. The number of hydrogen-bond donors (Lipinski definition) is 2. The molecule has 9 nitrogen and oxygen atoms in total. The molecule has 0 bridgehead atoms. The molecule has 0 aliphatic heterocycles. The second-order valence-corrected chi connectivity index (χ2v) is 7.42. The van der Waals surface area contributed by atoms with E-state index in [0.29, 0.717) is 33.8 Å². The van der Waals surface area contributed by atoms with Crippen molar-refractivity contribution in [3.63, 3.8) is 0 Å². The van der Waals surface area contributed by atoms with E-state index >= 15 is 0 Å². The largest absolute Gasteiger partial charge is 0.491 e. The van der Waals surface area contributed by atoms with Gasteiger partial charge in [-0.25, -0.2) is 9.48 Å². The minimum absolute atomic E-state index is 0.0344. The number of hydrazine groups is 1. The molecule has 33 heavy (non-hydrogen) atoms. The summed E-state index contributed by atoms with van der Waals surface area (Å²) in [6.07, 6.45) is 1.48. The Kier molecular flexibility index (Phi) is 7.45. The van der Waals surface area contributed by atoms with Gasteiger partial charge in [0.25, 0.3) is 11.8 Å². The van der Waals surface area contributed by atoms with Crippen molar-refractivity contribution in [2.75, 3.05) is 6.61 Å². The Morgan fingerprint density at radius 1 is 0.939 bits per heavy atom. The van der Waals surface area contributed by atoms with Crippen LogP contribution < -0.4 is 15.6 Å². The Hall–Kier alpha value is -4.14. The number of esters is 1. The van der Waals surface area contributed by atoms with Gasteiger partial charge in [-0.05, 0) is 76.2 Å². The van der Waals surface area contributed by atoms with E-state index in [9.17, 15) is 14.4 Å². The molecule has 2 aromatic carbocycles. The van der Waals surface area contributed by atoms with Crippen LogP contribution in [-0.4, -0.2) is 40.3 Å². The summed E-state index contributed by atoms with van der Waals surface area (Å²) < 4.78 is 12.2. The predicted molar refractivity (Wildman–Crippen MR) is 121 cm³/mol. The number of nitrogens with one attached hydrogen (secondary N) is 2. The molecule has 0 fully saturated rings. The van der Waals surface area contributed by atoms with Gasteiger partial charge in [-0.2, -0.15) is 5.10 Å². The van der Waals surface area contributed by atoms with Gasteiger partial charge < -0.3 is 9.47 Å². The molecule has 0 spiro atoms. The van der Waals surface area contributed by atoms with E-state index in [4.69, 9.17) is 9.47 Å². The molecule has 0 unspecified atom stereocenters. The Morgan fingerprint density at radius 3 is 2.00 bits per heavy atom. The third-order valence-electron chi connectivity index (χ3n) is 4.66. The molecule has 9 heteroatoms. The van der Waals surface area contributed by atoms with Crippen LogP contribution in [0, 0.1) is 6.92 Å². The maximum absolute atomic E-state index is 12.4. The molecule has 0 aliphatic carbocycles. The van der Waals surface area contributed by atoms with Gasteiger partial charge in [0.1, 0.15) is 11.3 Å². The fraction of sp³-hybridized carbons (Fsp3) is 0.250. The van der Waals surface area contributed by atoms with Crippen LogP contribution in [0.4, 0.5) is 0 Å². The van der Waals surface area contributed by atoms with Crippen molar-refractivity contribution < 1.29 is 23.9 Å². The second kappa shape index (κ2) is 10.4. The van der Waals surface area contributed by atoms with E-state index in [0.717, 1.165) is 0 Å². The number of ether oxygens (including phenoxy) is 2. The Balaban J connectivity index is 1.60. The quantitative estimate of drug-likeness (QED) is 0.422. The van der Waals surface area contributed by atoms with E-state index in [1.54, 1.807) is 67.1 Å². The van der Waals surface area contributed by atoms with E-state index in [1.165, 1.54) is 6.20 Å². The smallest absolute Gasteiger partial charge is 0.341 e. The van der Waals surface area contributed by atoms with Crippen LogP contribution in [0.25, 0.3) is 5.69 Å². The minimum atomic E-state index is -0.473. The van der Waals surface area contributed by atoms with Crippen LogP contribution in [0.2, 0.25) is 0 Å². The number of carbonyl (C=O) groups is 3. The molecule has 2 amide bonds. The summed E-state index contributed by atoms with van der Waals surface area (Å²) in [6.45, 7) is 7.61. The minimum Gasteiger partial charge on any atom is -0.491 e. The molecular formula is C24H26N4O5. The molecule has 1 aromatic heterocycles. The maximum atomic E-state index is 12.4. The lowest BCUT2D eigenvalue weighted by atomic mass is 10.2. The average Bonchev–Trinajstić information content (AvgIpc) is 3.19. The fourth-order valence-corrected chi connectivity index (χ4v) is 3.05. The standard InChI is InChI=1S/C24H26N4O5/c1-5-32-24(31)21-14-25-28(16(21)4)19-10-6-17(7-11-19)22(29)26-27-23(30)18-8-12-20(13-9-18)33-15(2)3/h6-15H,5H2,1-4H3,(H,26,29)(H,27,30). The predicted octanol–water partition coefficient (Wildman–Crippen LogP) is 3.22. The van der Waals surface area contributed by atoms with Crippen molar-refractivity contribution in [2.45, 2.75) is 33.8 Å². The van der Waals surface area contributed by atoms with Gasteiger partial charge in [0.05, 0.1) is 30.3 Å². The zero-order chi connectivity index (χ0) is 24.0. The summed E-state index contributed by atoms with van der Waals surface area (Å²) in [4.78, 5) is 36.7. The van der Waals surface area contributed by atoms with E-state index in [1.807, 2.05) is 13.8 Å². The van der Waals surface area contributed by atoms with Crippen LogP contribution in [-0.2, 0) is 4.74 Å². The molecule has 172 valence electrons. The molecule has 0 radical (unpaired) electrons. The van der Waals surface area contributed by atoms with Gasteiger partial charge in [0, 0.05) is 11.1 Å². The SMILES string of the molecule is CCOC(=O)c1cnn(-c2ccc(C(=O)NNC(=O)c3ccc(OC(C)C)cc3)cc2)c1C. The molecule has 2 N–H and O–H groups in total. The molecule has 0 saturated carbocycles. The van der Waals surface area contributed by atoms with Crippen LogP contribution >= 0.6 is 0 Å². The molecule has 3 rings (SSSR count). The normalized spacial score (nSPS) is 10.6. The van der Waals surface area contributed by atoms with Crippen molar-refractivity contribution in [3.8, 4) is 11.4 Å². The van der Waals surface area contributed by atoms with Crippen molar-refractivity contribution in [2.24, 2.45) is 0 Å². The average molecular weight is 450 g/mol. The second-order valence-electron chi connectivity index (χ2n) is 7.42. The summed E-state index contributed by atoms with van der Waals surface area (Å²) in [7, 11) is 0. The summed E-state index contributed by atoms with van der Waals surface area (Å²) in [5, 5.41) is 4.23. The fourth-order valence-electron chi connectivity index (χ4n) is 3.05. The van der Waals surface area contributed by atoms with E-state index < -0.39 is 17.8 Å². The molecular weight excluding hydrogens is 424 g/mol. The van der Waals surface area contributed by atoms with E-state index in [-0.39, 0.29) is 12.7 Å². The van der Waals surface area contributed by atoms with Gasteiger partial charge in [0.2, 0.25) is 0 Å². The Labute approximate surface area is 191 Å². The highest BCUT2D eigenvalue weighted by Crippen LogP contribution is 2.16. The summed E-state index contributed by atoms with van der Waals surface area (Å²) in [6, 6.07) is 13.2. The number of amides is 2. The summed E-state index contributed by atoms with van der Waals surface area (Å²) in [5.41, 5.74) is 7.19. The third-order valence-corrected chi connectivity index (χ3v) is 4.66. The first-order valence-corrected chi connectivity index (χ1v) is 10.5. The lowest BCUT2D eigenvalue weighted by Gasteiger charge is -2.11. The maximum Gasteiger partial charge on any atom is 0.341 e. The van der Waals surface area contributed by atoms with Crippen molar-refractivity contribution in [1.29, 1.82) is 0 Å². The molecule has 1 heterocycles. The van der Waals surface area contributed by atoms with Gasteiger partial charge in [-0.1, -0.05) is 0 Å². The topological polar surface area (TPSA) is 112 Å². The van der Waals surface area contributed by atoms with Gasteiger partial charge in [0.15, 0.2) is 0 Å². The highest BCUT2D eigenvalue weighted by atomic mass is 16.5. The molecule has 0 saturated heterocycles. The summed E-state index contributed by atoms with van der Waals surface area (Å²) in [5.74, 6) is -0.698. The number of aromatic nitrogens is 2. The van der Waals surface area contributed by atoms with Gasteiger partial charge >= 0.3 is 5.97 Å². The number of carbonyl (C=O) groups excluding carboxylic acids is 3. The number of rotatable bonds is 7. The van der Waals surface area contributed by atoms with Crippen molar-refractivity contribution in [3.05, 3.63) is 77.1 Å². The zero-order valence-corrected chi connectivity index (χ0v) is 18.9. The van der Waals surface area contributed by atoms with Crippen molar-refractivity contribution >= 4 is 17.8 Å². The highest BCUT2D eigenvalue weighted by Gasteiger charge is 2.16. The van der Waals surface area contributed by atoms with Crippen LogP contribution in [0.1, 0.15) is 57.5 Å². The number of nitrogens with zero attached hydrogens (tertiary/aromatic N) is 2. The highest BCUT2D eigenvalue weighted by molar-refractivity contribution is 5.99. The first-order chi connectivity index (χ1) is 15.8. The molecule has 3 aromatic rings. The van der Waals surface area contributed by atoms with Crippen LogP contribution in [0.5, 0.6) is 5.75 Å².